The molecule has 1 saturated heterocycles. The number of amides is 2. The van der Waals surface area contributed by atoms with Crippen molar-refractivity contribution in [2.45, 2.75) is 68.4 Å². The molecule has 178 valence electrons. The summed E-state index contributed by atoms with van der Waals surface area (Å²) < 4.78 is 31.7. The second-order valence-electron chi connectivity index (χ2n) is 8.94. The molecule has 0 spiro atoms. The molecule has 0 bridgehead atoms. The summed E-state index contributed by atoms with van der Waals surface area (Å²) >= 11 is 0.506. The number of fused-ring (bicyclic) bond motifs is 1. The summed E-state index contributed by atoms with van der Waals surface area (Å²) in [4.78, 5) is 24.4. The molecule has 0 atom stereocenters. The van der Waals surface area contributed by atoms with Crippen molar-refractivity contribution in [1.29, 1.82) is 0 Å². The largest absolute Gasteiger partial charge is 0.381 e. The number of carbonyl (C=O) groups excluding carboxylic acids is 1. The van der Waals surface area contributed by atoms with Crippen molar-refractivity contribution in [2.24, 2.45) is 0 Å². The maximum Gasteiger partial charge on any atom is 0.318 e. The maximum atomic E-state index is 13.1. The Hall–Kier alpha value is -2.46. The van der Waals surface area contributed by atoms with Crippen molar-refractivity contribution >= 4 is 23.7 Å². The molecule has 1 aromatic heterocycles. The molecule has 10 heteroatoms. The minimum Gasteiger partial charge on any atom is -0.381 e. The summed E-state index contributed by atoms with van der Waals surface area (Å²) in [5.41, 5.74) is 2.05. The number of hydrogen-bond acceptors (Lipinski definition) is 6. The highest BCUT2D eigenvalue weighted by atomic mass is 32.2. The Labute approximate surface area is 196 Å². The standard InChI is InChI=1S/C23H29F2N5O2S/c1-22(2)18-13-26-20(28-16-8-10-32-11-9-16)29-19(18)14-30(22)21(31)27-12-15-4-6-17(7-5-15)33-23(3,24)25/h4-7,13,16H,8-12,14H2,1-3H3,(H,27,31)(H,26,28,29). The third-order valence-electron chi connectivity index (χ3n) is 5.97. The zero-order valence-corrected chi connectivity index (χ0v) is 19.8. The first-order valence-corrected chi connectivity index (χ1v) is 11.9. The molecular formula is C23H29F2N5O2S. The van der Waals surface area contributed by atoms with E-state index >= 15 is 0 Å². The van der Waals surface area contributed by atoms with Crippen LogP contribution in [0.15, 0.2) is 35.4 Å². The predicted molar refractivity (Wildman–Crippen MR) is 123 cm³/mol. The molecule has 2 amide bonds. The second kappa shape index (κ2) is 9.42. The number of urea groups is 1. The molecule has 2 N–H and O–H groups in total. The van der Waals surface area contributed by atoms with Crippen LogP contribution < -0.4 is 10.6 Å². The third-order valence-corrected chi connectivity index (χ3v) is 6.84. The first-order valence-electron chi connectivity index (χ1n) is 11.0. The molecule has 3 heterocycles. The van der Waals surface area contributed by atoms with Gasteiger partial charge in [0, 0.05) is 49.4 Å². The van der Waals surface area contributed by atoms with Crippen molar-refractivity contribution in [3.63, 3.8) is 0 Å². The molecule has 0 saturated carbocycles. The Morgan fingerprint density at radius 2 is 1.97 bits per heavy atom. The van der Waals surface area contributed by atoms with Crippen molar-refractivity contribution < 1.29 is 18.3 Å². The molecule has 2 aliphatic heterocycles. The summed E-state index contributed by atoms with van der Waals surface area (Å²) in [6.45, 7) is 6.98. The normalized spacial score (nSPS) is 18.2. The van der Waals surface area contributed by atoms with Gasteiger partial charge in [0.15, 0.2) is 0 Å². The number of thioether (sulfide) groups is 1. The Balaban J connectivity index is 1.37. The molecule has 0 aliphatic carbocycles. The van der Waals surface area contributed by atoms with Gasteiger partial charge in [0.2, 0.25) is 5.95 Å². The van der Waals surface area contributed by atoms with Crippen LogP contribution in [0.1, 0.15) is 50.4 Å². The molecule has 33 heavy (non-hydrogen) atoms. The first-order chi connectivity index (χ1) is 15.6. The SMILES string of the molecule is CC(F)(F)Sc1ccc(CNC(=O)N2Cc3nc(NC4CCOCC4)ncc3C2(C)C)cc1. The van der Waals surface area contributed by atoms with Crippen LogP contribution in [0.3, 0.4) is 0 Å². The lowest BCUT2D eigenvalue weighted by atomic mass is 9.97. The first kappa shape index (κ1) is 23.7. The lowest BCUT2D eigenvalue weighted by Gasteiger charge is -2.32. The number of carbonyl (C=O) groups is 1. The van der Waals surface area contributed by atoms with Gasteiger partial charge in [0.05, 0.1) is 17.8 Å². The monoisotopic (exact) mass is 477 g/mol. The average molecular weight is 478 g/mol. The smallest absolute Gasteiger partial charge is 0.318 e. The van der Waals surface area contributed by atoms with Crippen LogP contribution in [0.2, 0.25) is 0 Å². The fourth-order valence-electron chi connectivity index (χ4n) is 4.12. The second-order valence-corrected chi connectivity index (χ2v) is 10.3. The minimum absolute atomic E-state index is 0.213. The number of aromatic nitrogens is 2. The number of nitrogens with one attached hydrogen (secondary N) is 2. The molecule has 0 radical (unpaired) electrons. The molecule has 1 aromatic carbocycles. The van der Waals surface area contributed by atoms with Crippen LogP contribution >= 0.6 is 11.8 Å². The molecule has 2 aliphatic rings. The van der Waals surface area contributed by atoms with Gasteiger partial charge < -0.3 is 20.3 Å². The molecule has 7 nitrogen and oxygen atoms in total. The van der Waals surface area contributed by atoms with Crippen molar-refractivity contribution in [1.82, 2.24) is 20.2 Å². The van der Waals surface area contributed by atoms with E-state index in [0.717, 1.165) is 49.8 Å². The van der Waals surface area contributed by atoms with Crippen LogP contribution in [0.5, 0.6) is 0 Å². The molecular weight excluding hydrogens is 448 g/mol. The van der Waals surface area contributed by atoms with Crippen LogP contribution in [0.25, 0.3) is 0 Å². The summed E-state index contributed by atoms with van der Waals surface area (Å²) in [7, 11) is 0. The zero-order valence-electron chi connectivity index (χ0n) is 19.0. The third kappa shape index (κ3) is 5.73. The van der Waals surface area contributed by atoms with Gasteiger partial charge in [-0.05, 0) is 44.4 Å². The summed E-state index contributed by atoms with van der Waals surface area (Å²) in [5, 5.41) is 3.49. The summed E-state index contributed by atoms with van der Waals surface area (Å²) in [6.07, 6.45) is 3.64. The highest BCUT2D eigenvalue weighted by Gasteiger charge is 2.41. The van der Waals surface area contributed by atoms with Crippen molar-refractivity contribution in [2.75, 3.05) is 18.5 Å². The number of alkyl halides is 2. The van der Waals surface area contributed by atoms with E-state index in [2.05, 4.69) is 20.6 Å². The van der Waals surface area contributed by atoms with Gasteiger partial charge in [-0.25, -0.2) is 14.8 Å². The van der Waals surface area contributed by atoms with Crippen molar-refractivity contribution in [3.8, 4) is 0 Å². The highest BCUT2D eigenvalue weighted by molar-refractivity contribution is 8.00. The topological polar surface area (TPSA) is 79.4 Å². The summed E-state index contributed by atoms with van der Waals surface area (Å²) in [6, 6.07) is 6.86. The molecule has 2 aromatic rings. The number of anilines is 1. The predicted octanol–water partition coefficient (Wildman–Crippen LogP) is 4.73. The number of hydrogen-bond donors (Lipinski definition) is 2. The van der Waals surface area contributed by atoms with Gasteiger partial charge in [0.25, 0.3) is 5.25 Å². The molecule has 1 fully saturated rings. The van der Waals surface area contributed by atoms with Gasteiger partial charge in [-0.2, -0.15) is 8.78 Å². The lowest BCUT2D eigenvalue weighted by molar-refractivity contribution is 0.0903. The number of halogens is 2. The van der Waals surface area contributed by atoms with E-state index in [1.54, 1.807) is 35.4 Å². The number of nitrogens with zero attached hydrogens (tertiary/aromatic N) is 3. The van der Waals surface area contributed by atoms with E-state index in [4.69, 9.17) is 4.74 Å². The Bertz CT molecular complexity index is 991. The van der Waals surface area contributed by atoms with Crippen molar-refractivity contribution in [3.05, 3.63) is 47.3 Å². The minimum atomic E-state index is -2.82. The fourth-order valence-corrected chi connectivity index (χ4v) is 4.80. The Morgan fingerprint density at radius 1 is 1.27 bits per heavy atom. The van der Waals surface area contributed by atoms with E-state index in [9.17, 15) is 13.6 Å². The number of benzene rings is 1. The van der Waals surface area contributed by atoms with Crippen LogP contribution in [-0.2, 0) is 23.4 Å². The van der Waals surface area contributed by atoms with E-state index in [0.29, 0.717) is 41.7 Å². The fraction of sp³-hybridized carbons (Fsp3) is 0.522. The van der Waals surface area contributed by atoms with Crippen LogP contribution in [-0.4, -0.2) is 45.4 Å². The number of ether oxygens (including phenoxy) is 1. The van der Waals surface area contributed by atoms with Crippen LogP contribution in [0, 0.1) is 0 Å². The van der Waals surface area contributed by atoms with Gasteiger partial charge in [-0.1, -0.05) is 23.9 Å². The number of rotatable bonds is 6. The Kier molecular flexibility index (Phi) is 6.76. The zero-order chi connectivity index (χ0) is 23.6. The van der Waals surface area contributed by atoms with E-state index in [1.807, 2.05) is 13.8 Å². The van der Waals surface area contributed by atoms with E-state index in [-0.39, 0.29) is 6.03 Å². The van der Waals surface area contributed by atoms with Gasteiger partial charge in [0.1, 0.15) is 0 Å². The lowest BCUT2D eigenvalue weighted by Crippen LogP contribution is -2.45. The Morgan fingerprint density at radius 3 is 2.64 bits per heavy atom. The van der Waals surface area contributed by atoms with Gasteiger partial charge in [-0.15, -0.1) is 0 Å². The van der Waals surface area contributed by atoms with Gasteiger partial charge >= 0.3 is 6.03 Å². The molecule has 0 unspecified atom stereocenters. The maximum absolute atomic E-state index is 13.1. The molecule has 4 rings (SSSR count). The van der Waals surface area contributed by atoms with E-state index < -0.39 is 10.8 Å². The summed E-state index contributed by atoms with van der Waals surface area (Å²) in [5.74, 6) is 0.578. The average Bonchev–Trinajstić information content (AvgIpc) is 3.03. The van der Waals surface area contributed by atoms with Gasteiger partial charge in [-0.3, -0.25) is 0 Å². The van der Waals surface area contributed by atoms with Crippen LogP contribution in [0.4, 0.5) is 19.5 Å². The quantitative estimate of drug-likeness (QED) is 0.586. The highest BCUT2D eigenvalue weighted by Crippen LogP contribution is 2.38. The van der Waals surface area contributed by atoms with E-state index in [1.165, 1.54) is 0 Å².